The zero-order valence-electron chi connectivity index (χ0n) is 12.7. The largest absolute Gasteiger partial charge is 0.455 e. The number of benzene rings is 1. The molecule has 0 saturated heterocycles. The molecule has 0 amide bonds. The van der Waals surface area contributed by atoms with Crippen molar-refractivity contribution in [3.8, 4) is 11.8 Å². The van der Waals surface area contributed by atoms with E-state index in [9.17, 15) is 13.2 Å². The highest BCUT2D eigenvalue weighted by atomic mass is 32.2. The third-order valence-electron chi connectivity index (χ3n) is 2.90. The molecule has 0 radical (unpaired) electrons. The zero-order valence-corrected chi connectivity index (χ0v) is 13.5. The third-order valence-corrected chi connectivity index (χ3v) is 4.57. The van der Waals surface area contributed by atoms with Gasteiger partial charge >= 0.3 is 5.97 Å². The van der Waals surface area contributed by atoms with Crippen molar-refractivity contribution in [2.75, 3.05) is 18.1 Å². The van der Waals surface area contributed by atoms with Crippen LogP contribution < -0.4 is 5.73 Å². The van der Waals surface area contributed by atoms with E-state index in [4.69, 9.17) is 10.5 Å². The molecule has 1 rings (SSSR count). The minimum Gasteiger partial charge on any atom is -0.455 e. The van der Waals surface area contributed by atoms with Crippen molar-refractivity contribution < 1.29 is 17.9 Å². The summed E-state index contributed by atoms with van der Waals surface area (Å²) in [6.45, 7) is 1.86. The Balaban J connectivity index is 2.41. The first kappa shape index (κ1) is 18.1. The first-order valence-corrected chi connectivity index (χ1v) is 8.85. The number of anilines is 1. The summed E-state index contributed by atoms with van der Waals surface area (Å²) in [5, 5.41) is 0. The lowest BCUT2D eigenvalue weighted by Crippen LogP contribution is -2.15. The molecule has 0 aliphatic carbocycles. The van der Waals surface area contributed by atoms with Crippen LogP contribution in [0.4, 0.5) is 5.69 Å². The Bertz CT molecular complexity index is 656. The Morgan fingerprint density at radius 3 is 2.77 bits per heavy atom. The highest BCUT2D eigenvalue weighted by Crippen LogP contribution is 2.14. The van der Waals surface area contributed by atoms with E-state index in [1.54, 1.807) is 12.1 Å². The van der Waals surface area contributed by atoms with Crippen molar-refractivity contribution >= 4 is 21.5 Å². The van der Waals surface area contributed by atoms with Gasteiger partial charge in [-0.25, -0.2) is 13.2 Å². The van der Waals surface area contributed by atoms with E-state index in [0.717, 1.165) is 19.3 Å². The lowest BCUT2D eigenvalue weighted by Gasteiger charge is -2.05. The number of sulfone groups is 1. The molecular formula is C16H21NO4S. The Morgan fingerprint density at radius 1 is 1.32 bits per heavy atom. The average Bonchev–Trinajstić information content (AvgIpc) is 2.47. The molecule has 0 spiro atoms. The summed E-state index contributed by atoms with van der Waals surface area (Å²) in [6, 6.07) is 6.01. The van der Waals surface area contributed by atoms with Gasteiger partial charge in [0.05, 0.1) is 10.6 Å². The smallest absolute Gasteiger partial charge is 0.384 e. The lowest BCUT2D eigenvalue weighted by atomic mass is 10.2. The van der Waals surface area contributed by atoms with E-state index >= 15 is 0 Å². The second-order valence-electron chi connectivity index (χ2n) is 4.79. The summed E-state index contributed by atoms with van der Waals surface area (Å²) in [4.78, 5) is 11.5. The van der Waals surface area contributed by atoms with E-state index in [1.807, 2.05) is 0 Å². The van der Waals surface area contributed by atoms with E-state index in [0.29, 0.717) is 12.1 Å². The monoisotopic (exact) mass is 323 g/mol. The summed E-state index contributed by atoms with van der Waals surface area (Å²) in [5.74, 6) is 4.08. The lowest BCUT2D eigenvalue weighted by molar-refractivity contribution is -0.136. The Kier molecular flexibility index (Phi) is 7.47. The van der Waals surface area contributed by atoms with Crippen LogP contribution in [-0.4, -0.2) is 26.7 Å². The summed E-state index contributed by atoms with van der Waals surface area (Å²) in [5.41, 5.74) is 5.92. The molecule has 5 nitrogen and oxygen atoms in total. The first-order chi connectivity index (χ1) is 10.5. The number of hydrogen-bond acceptors (Lipinski definition) is 5. The van der Waals surface area contributed by atoms with Gasteiger partial charge in [-0.3, -0.25) is 0 Å². The second kappa shape index (κ2) is 9.11. The Morgan fingerprint density at radius 2 is 2.09 bits per heavy atom. The van der Waals surface area contributed by atoms with Crippen molar-refractivity contribution in [3.63, 3.8) is 0 Å². The van der Waals surface area contributed by atoms with Crippen molar-refractivity contribution in [3.05, 3.63) is 24.3 Å². The number of carbonyl (C=O) groups is 1. The highest BCUT2D eigenvalue weighted by Gasteiger charge is 2.15. The molecule has 0 unspecified atom stereocenters. The zero-order chi connectivity index (χ0) is 16.4. The fourth-order valence-corrected chi connectivity index (χ4v) is 2.84. The van der Waals surface area contributed by atoms with Gasteiger partial charge in [0, 0.05) is 18.0 Å². The van der Waals surface area contributed by atoms with Crippen LogP contribution in [0, 0.1) is 11.8 Å². The van der Waals surface area contributed by atoms with Crippen LogP contribution >= 0.6 is 0 Å². The van der Waals surface area contributed by atoms with Crippen LogP contribution in [0.1, 0.15) is 32.6 Å². The van der Waals surface area contributed by atoms with Gasteiger partial charge in [0.25, 0.3) is 0 Å². The molecular weight excluding hydrogens is 302 g/mol. The molecule has 0 atom stereocenters. The van der Waals surface area contributed by atoms with Crippen LogP contribution in [0.25, 0.3) is 0 Å². The number of nitrogen functional groups attached to an aromatic ring is 1. The predicted octanol–water partition coefficient (Wildman–Crippen LogP) is 2.17. The topological polar surface area (TPSA) is 86.5 Å². The van der Waals surface area contributed by atoms with Gasteiger partial charge in [0.15, 0.2) is 9.84 Å². The first-order valence-electron chi connectivity index (χ1n) is 7.19. The van der Waals surface area contributed by atoms with Gasteiger partial charge in [0.1, 0.15) is 6.61 Å². The number of ether oxygens (including phenoxy) is 1. The summed E-state index contributed by atoms with van der Waals surface area (Å²) >= 11 is 0. The van der Waals surface area contributed by atoms with Crippen molar-refractivity contribution in [1.29, 1.82) is 0 Å². The van der Waals surface area contributed by atoms with E-state index in [-0.39, 0.29) is 17.3 Å². The van der Waals surface area contributed by atoms with E-state index in [2.05, 4.69) is 18.8 Å². The normalized spacial score (nSPS) is 10.6. The number of nitrogens with two attached hydrogens (primary N) is 1. The number of esters is 1. The Hall–Kier alpha value is -2.00. The quantitative estimate of drug-likeness (QED) is 0.273. The van der Waals surface area contributed by atoms with Crippen LogP contribution in [0.5, 0.6) is 0 Å². The summed E-state index contributed by atoms with van der Waals surface area (Å²) < 4.78 is 28.8. The molecule has 0 bridgehead atoms. The van der Waals surface area contributed by atoms with Gasteiger partial charge in [-0.05, 0) is 24.6 Å². The maximum Gasteiger partial charge on any atom is 0.384 e. The SMILES string of the molecule is CCCCCC#CC(=O)OCCS(=O)(=O)c1cccc(N)c1. The highest BCUT2D eigenvalue weighted by molar-refractivity contribution is 7.91. The van der Waals surface area contributed by atoms with Gasteiger partial charge in [-0.1, -0.05) is 31.8 Å². The summed E-state index contributed by atoms with van der Waals surface area (Å²) in [7, 11) is -3.52. The second-order valence-corrected chi connectivity index (χ2v) is 6.90. The number of rotatable bonds is 7. The Labute approximate surface area is 131 Å². The van der Waals surface area contributed by atoms with Crippen LogP contribution in [0.2, 0.25) is 0 Å². The minimum absolute atomic E-state index is 0.120. The molecule has 6 heteroatoms. The van der Waals surface area contributed by atoms with E-state index in [1.165, 1.54) is 12.1 Å². The van der Waals surface area contributed by atoms with Crippen LogP contribution in [-0.2, 0) is 19.4 Å². The number of carbonyl (C=O) groups excluding carboxylic acids is 1. The molecule has 2 N–H and O–H groups in total. The molecule has 0 aliphatic heterocycles. The average molecular weight is 323 g/mol. The number of hydrogen-bond donors (Lipinski definition) is 1. The molecule has 0 aromatic heterocycles. The molecule has 0 saturated carbocycles. The third kappa shape index (κ3) is 6.64. The molecule has 1 aromatic carbocycles. The maximum absolute atomic E-state index is 12.0. The van der Waals surface area contributed by atoms with Crippen LogP contribution in [0.15, 0.2) is 29.2 Å². The number of unbranched alkanes of at least 4 members (excludes halogenated alkanes) is 3. The van der Waals surface area contributed by atoms with Gasteiger partial charge < -0.3 is 10.5 Å². The minimum atomic E-state index is -3.52. The van der Waals surface area contributed by atoms with Crippen molar-refractivity contribution in [2.45, 2.75) is 37.5 Å². The maximum atomic E-state index is 12.0. The predicted molar refractivity (Wildman–Crippen MR) is 85.8 cm³/mol. The molecule has 0 aliphatic rings. The van der Waals surface area contributed by atoms with Gasteiger partial charge in [0.2, 0.25) is 0 Å². The fourth-order valence-electron chi connectivity index (χ4n) is 1.70. The standard InChI is InChI=1S/C16H21NO4S/c1-2-3-4-5-6-10-16(18)21-11-12-22(19,20)15-9-7-8-14(17)13-15/h7-9,13H,2-5,11-12,17H2,1H3. The summed E-state index contributed by atoms with van der Waals surface area (Å²) in [6.07, 6.45) is 3.75. The van der Waals surface area contributed by atoms with Crippen LogP contribution in [0.3, 0.4) is 0 Å². The molecule has 1 aromatic rings. The molecule has 0 fully saturated rings. The van der Waals surface area contributed by atoms with E-state index < -0.39 is 15.8 Å². The van der Waals surface area contributed by atoms with Gasteiger partial charge in [-0.15, -0.1) is 0 Å². The van der Waals surface area contributed by atoms with Gasteiger partial charge in [-0.2, -0.15) is 0 Å². The molecule has 22 heavy (non-hydrogen) atoms. The van der Waals surface area contributed by atoms with Crippen molar-refractivity contribution in [1.82, 2.24) is 0 Å². The molecule has 120 valence electrons. The molecule has 0 heterocycles. The fraction of sp³-hybridized carbons (Fsp3) is 0.438. The van der Waals surface area contributed by atoms with Crippen molar-refractivity contribution in [2.24, 2.45) is 0 Å².